The van der Waals surface area contributed by atoms with Crippen LogP contribution in [0.1, 0.15) is 60.1 Å². The number of carbonyl (C=O) groups is 1. The molecule has 5 N–H and O–H groups in total. The number of nitrogen functional groups attached to an aromatic ring is 1. The fraction of sp³-hybridized carbons (Fsp3) is 0.393. The Labute approximate surface area is 238 Å². The summed E-state index contributed by atoms with van der Waals surface area (Å²) in [4.78, 5) is 34.5. The third-order valence-electron chi connectivity index (χ3n) is 6.24. The van der Waals surface area contributed by atoms with Crippen LogP contribution in [0.4, 0.5) is 5.69 Å². The second-order valence-corrected chi connectivity index (χ2v) is 11.0. The number of amides is 1. The lowest BCUT2D eigenvalue weighted by molar-refractivity contribution is -0.116. The highest BCUT2D eigenvalue weighted by Gasteiger charge is 2.32. The number of pyridine rings is 1. The van der Waals surface area contributed by atoms with Gasteiger partial charge in [0.25, 0.3) is 5.90 Å². The fourth-order valence-electron chi connectivity index (χ4n) is 3.98. The summed E-state index contributed by atoms with van der Waals surface area (Å²) in [5, 5.41) is 7.90. The number of fused-ring (bicyclic) bond motifs is 1. The highest BCUT2D eigenvalue weighted by Crippen LogP contribution is 2.32. The number of benzene rings is 1. The van der Waals surface area contributed by atoms with Crippen LogP contribution < -0.4 is 16.5 Å². The van der Waals surface area contributed by atoms with Gasteiger partial charge in [0.2, 0.25) is 0 Å². The molecule has 0 saturated heterocycles. The van der Waals surface area contributed by atoms with Crippen LogP contribution in [0.15, 0.2) is 41.7 Å². The fourth-order valence-corrected chi connectivity index (χ4v) is 4.23. The molecule has 0 radical (unpaired) electrons. The molecule has 5 rings (SSSR count). The number of aliphatic imine (C=N–C) groups is 1. The molecule has 11 nitrogen and oxygen atoms in total. The van der Waals surface area contributed by atoms with Crippen molar-refractivity contribution in [3.8, 4) is 22.6 Å². The van der Waals surface area contributed by atoms with Gasteiger partial charge in [0.15, 0.2) is 17.2 Å². The number of anilines is 1. The highest BCUT2D eigenvalue weighted by molar-refractivity contribution is 6.35. The number of carbonyl (C=O) groups excluding carboxylic acids is 1. The molecule has 1 aromatic carbocycles. The molecule has 3 aromatic heterocycles. The van der Waals surface area contributed by atoms with Crippen molar-refractivity contribution in [3.63, 3.8) is 0 Å². The van der Waals surface area contributed by atoms with Crippen molar-refractivity contribution in [2.75, 3.05) is 5.73 Å². The summed E-state index contributed by atoms with van der Waals surface area (Å²) >= 11 is 6.61. The predicted octanol–water partition coefficient (Wildman–Crippen LogP) is 5.25. The number of nitrogens with zero attached hydrogens (tertiary/aromatic N) is 5. The molecular formula is C28H36ClN9O2. The molecular weight excluding hydrogens is 530 g/mol. The maximum atomic E-state index is 12.5. The molecule has 4 heterocycles. The second-order valence-electron chi connectivity index (χ2n) is 10.6. The molecule has 12 heteroatoms. The first kappa shape index (κ1) is 29.0. The monoisotopic (exact) mass is 565 g/mol. The molecule has 4 aromatic rings. The van der Waals surface area contributed by atoms with Gasteiger partial charge in [-0.15, -0.1) is 5.48 Å². The van der Waals surface area contributed by atoms with Crippen LogP contribution in [-0.4, -0.2) is 42.7 Å². The molecule has 1 aliphatic rings. The van der Waals surface area contributed by atoms with Crippen LogP contribution in [0.5, 0.6) is 0 Å². The first-order chi connectivity index (χ1) is 19.0. The van der Waals surface area contributed by atoms with Gasteiger partial charge in [-0.25, -0.2) is 15.0 Å². The number of hydroxylamine groups is 1. The first-order valence-corrected chi connectivity index (χ1v) is 13.7. The van der Waals surface area contributed by atoms with Crippen LogP contribution in [0.3, 0.4) is 0 Å². The number of nitrogens with two attached hydrogens (primary N) is 1. The lowest BCUT2D eigenvalue weighted by Crippen LogP contribution is -2.35. The molecule has 40 heavy (non-hydrogen) atoms. The van der Waals surface area contributed by atoms with E-state index >= 15 is 0 Å². The van der Waals surface area contributed by atoms with Crippen LogP contribution in [0, 0.1) is 5.41 Å². The molecule has 212 valence electrons. The van der Waals surface area contributed by atoms with Crippen LogP contribution >= 0.6 is 11.6 Å². The largest absolute Gasteiger partial charge is 0.396 e. The Hall–Kier alpha value is -3.96. The minimum atomic E-state index is -0.413. The second kappa shape index (κ2) is 11.6. The molecule has 0 saturated carbocycles. The Morgan fingerprint density at radius 3 is 2.62 bits per heavy atom. The minimum absolute atomic E-state index is 0.00533. The number of hydrogen-bond donors (Lipinski definition) is 4. The van der Waals surface area contributed by atoms with Crippen molar-refractivity contribution in [3.05, 3.63) is 47.2 Å². The standard InChI is InChI=1S/C26H30ClN9O2.C2H6/c1-13(2)36-12-18(28)20(34-36)22-31-19-16(8-9-29-21(19)32-22)14-6-7-15(17(27)10-14)11-30-23(37)24-33-25(35-38-24)26(3,4)5;1-2/h6-10,12-13,25,35H,11,28H2,1-5H3,(H,30,37)(H,29,31,32);1-2H3. The van der Waals surface area contributed by atoms with Crippen molar-refractivity contribution in [1.82, 2.24) is 35.5 Å². The zero-order valence-electron chi connectivity index (χ0n) is 23.8. The highest BCUT2D eigenvalue weighted by atomic mass is 35.5. The van der Waals surface area contributed by atoms with Gasteiger partial charge in [-0.3, -0.25) is 9.48 Å². The van der Waals surface area contributed by atoms with E-state index in [1.54, 1.807) is 17.1 Å². The maximum Gasteiger partial charge on any atom is 0.308 e. The average molecular weight is 566 g/mol. The van der Waals surface area contributed by atoms with E-state index in [-0.39, 0.29) is 30.1 Å². The summed E-state index contributed by atoms with van der Waals surface area (Å²) in [5.41, 5.74) is 13.7. The van der Waals surface area contributed by atoms with E-state index in [1.807, 2.05) is 72.7 Å². The SMILES string of the molecule is CC.CC(C)n1cc(N)c(-c2nc3nccc(-c4ccc(CNC(=O)C5=NC(C(C)(C)C)NO5)c(Cl)c4)c3[nH]2)n1. The number of halogens is 1. The Bertz CT molecular complexity index is 1550. The zero-order chi connectivity index (χ0) is 29.2. The molecule has 1 unspecified atom stereocenters. The number of hydrogen-bond acceptors (Lipinski definition) is 8. The Kier molecular flexibility index (Phi) is 8.45. The van der Waals surface area contributed by atoms with Gasteiger partial charge < -0.3 is 20.9 Å². The van der Waals surface area contributed by atoms with Crippen LogP contribution in [0.25, 0.3) is 33.8 Å². The quantitative estimate of drug-likeness (QED) is 0.249. The summed E-state index contributed by atoms with van der Waals surface area (Å²) in [5.74, 6) is 0.137. The Morgan fingerprint density at radius 2 is 2.00 bits per heavy atom. The molecule has 1 atom stereocenters. The van der Waals surface area contributed by atoms with Gasteiger partial charge in [-0.2, -0.15) is 5.10 Å². The van der Waals surface area contributed by atoms with E-state index < -0.39 is 5.91 Å². The molecule has 1 aliphatic heterocycles. The maximum absolute atomic E-state index is 12.5. The van der Waals surface area contributed by atoms with Crippen molar-refractivity contribution in [1.29, 1.82) is 0 Å². The normalized spacial score (nSPS) is 15.0. The third-order valence-corrected chi connectivity index (χ3v) is 6.59. The van der Waals surface area contributed by atoms with Crippen molar-refractivity contribution < 1.29 is 9.63 Å². The molecule has 1 amide bonds. The number of H-pyrrole nitrogens is 1. The third kappa shape index (κ3) is 5.95. The topological polar surface area (TPSA) is 148 Å². The number of aromatic nitrogens is 5. The number of rotatable bonds is 6. The van der Waals surface area contributed by atoms with E-state index in [4.69, 9.17) is 22.2 Å². The number of nitrogens with one attached hydrogen (secondary N) is 3. The van der Waals surface area contributed by atoms with Crippen LogP contribution in [-0.2, 0) is 16.2 Å². The predicted molar refractivity (Wildman–Crippen MR) is 158 cm³/mol. The number of imidazole rings is 1. The van der Waals surface area contributed by atoms with E-state index in [9.17, 15) is 4.79 Å². The summed E-state index contributed by atoms with van der Waals surface area (Å²) < 4.78 is 1.80. The summed E-state index contributed by atoms with van der Waals surface area (Å²) in [6.45, 7) is 14.3. The van der Waals surface area contributed by atoms with E-state index in [0.29, 0.717) is 27.9 Å². The minimum Gasteiger partial charge on any atom is -0.396 e. The van der Waals surface area contributed by atoms with E-state index in [1.165, 1.54) is 0 Å². The lowest BCUT2D eigenvalue weighted by atomic mass is 9.93. The first-order valence-electron chi connectivity index (χ1n) is 13.3. The van der Waals surface area contributed by atoms with E-state index in [0.717, 1.165) is 22.2 Å². The van der Waals surface area contributed by atoms with Gasteiger partial charge >= 0.3 is 5.91 Å². The zero-order valence-corrected chi connectivity index (χ0v) is 24.6. The van der Waals surface area contributed by atoms with Crippen LogP contribution in [0.2, 0.25) is 5.02 Å². The van der Waals surface area contributed by atoms with Crippen molar-refractivity contribution in [2.45, 2.75) is 67.2 Å². The Balaban J connectivity index is 0.00000181. The van der Waals surface area contributed by atoms with Gasteiger partial charge in [-0.05, 0) is 37.1 Å². The molecule has 0 spiro atoms. The summed E-state index contributed by atoms with van der Waals surface area (Å²) in [7, 11) is 0. The van der Waals surface area contributed by atoms with Gasteiger partial charge in [0, 0.05) is 41.0 Å². The smallest absolute Gasteiger partial charge is 0.308 e. The molecule has 0 aliphatic carbocycles. The van der Waals surface area contributed by atoms with Gasteiger partial charge in [0.1, 0.15) is 6.17 Å². The number of aromatic amines is 1. The average Bonchev–Trinajstić information content (AvgIpc) is 3.66. The summed E-state index contributed by atoms with van der Waals surface area (Å²) in [6, 6.07) is 7.72. The lowest BCUT2D eigenvalue weighted by Gasteiger charge is -2.22. The summed E-state index contributed by atoms with van der Waals surface area (Å²) in [6.07, 6.45) is 3.19. The molecule has 0 fully saturated rings. The van der Waals surface area contributed by atoms with Crippen molar-refractivity contribution in [2.24, 2.45) is 10.4 Å². The van der Waals surface area contributed by atoms with E-state index in [2.05, 4.69) is 35.8 Å². The van der Waals surface area contributed by atoms with Gasteiger partial charge in [-0.1, -0.05) is 58.4 Å². The van der Waals surface area contributed by atoms with Crippen molar-refractivity contribution >= 4 is 40.3 Å². The van der Waals surface area contributed by atoms with Gasteiger partial charge in [0.05, 0.1) is 11.2 Å². The Morgan fingerprint density at radius 1 is 1.25 bits per heavy atom. The molecule has 0 bridgehead atoms.